The van der Waals surface area contributed by atoms with Gasteiger partial charge in [0.1, 0.15) is 6.61 Å². The fraction of sp³-hybridized carbons (Fsp3) is 0.889. The van der Waals surface area contributed by atoms with E-state index in [1.165, 1.54) is 25.7 Å². The molecule has 1 aliphatic carbocycles. The van der Waals surface area contributed by atoms with Crippen molar-refractivity contribution in [1.29, 1.82) is 0 Å². The maximum absolute atomic E-state index is 12.3. The Morgan fingerprint density at radius 3 is 2.38 bits per heavy atom. The highest BCUT2D eigenvalue weighted by Crippen LogP contribution is 2.24. The van der Waals surface area contributed by atoms with Gasteiger partial charge in [-0.2, -0.15) is 0 Å². The van der Waals surface area contributed by atoms with Gasteiger partial charge in [-0.1, -0.05) is 12.8 Å². The minimum Gasteiger partial charge on any atom is -0.371 e. The first-order chi connectivity index (χ1) is 11.7. The normalized spacial score (nSPS) is 24.9. The third-order valence-corrected chi connectivity index (χ3v) is 5.58. The van der Waals surface area contributed by atoms with Crippen LogP contribution in [0.15, 0.2) is 0 Å². The minimum atomic E-state index is 0.0913. The van der Waals surface area contributed by atoms with Crippen molar-refractivity contribution in [3.63, 3.8) is 0 Å². The topological polar surface area (TPSA) is 61.9 Å². The smallest absolute Gasteiger partial charge is 0.248 e. The van der Waals surface area contributed by atoms with Crippen LogP contribution in [-0.2, 0) is 14.3 Å². The molecule has 3 rings (SSSR count). The van der Waals surface area contributed by atoms with Crippen LogP contribution < -0.4 is 5.32 Å². The lowest BCUT2D eigenvalue weighted by molar-refractivity contribution is -0.138. The SMILES string of the molecule is O=C(CN[C@@H]1CCCN(C(=O)COCC2CCCC2)C1)N1CCC1. The number of likely N-dealkylation sites (tertiary alicyclic amines) is 2. The first kappa shape index (κ1) is 17.7. The van der Waals surface area contributed by atoms with Crippen LogP contribution >= 0.6 is 0 Å². The number of ether oxygens (including phenoxy) is 1. The van der Waals surface area contributed by atoms with Crippen molar-refractivity contribution in [1.82, 2.24) is 15.1 Å². The van der Waals surface area contributed by atoms with Crippen LogP contribution in [0.25, 0.3) is 0 Å². The third-order valence-electron chi connectivity index (χ3n) is 5.58. The Hall–Kier alpha value is -1.14. The molecule has 0 spiro atoms. The maximum Gasteiger partial charge on any atom is 0.248 e. The van der Waals surface area contributed by atoms with E-state index in [2.05, 4.69) is 5.32 Å². The first-order valence-electron chi connectivity index (χ1n) is 9.59. The fourth-order valence-corrected chi connectivity index (χ4v) is 3.86. The molecule has 2 heterocycles. The molecule has 2 aliphatic heterocycles. The predicted octanol–water partition coefficient (Wildman–Crippen LogP) is 1.01. The van der Waals surface area contributed by atoms with Crippen LogP contribution in [0.1, 0.15) is 44.9 Å². The number of carbonyl (C=O) groups is 2. The molecule has 3 aliphatic rings. The van der Waals surface area contributed by atoms with Gasteiger partial charge in [-0.05, 0) is 38.0 Å². The second-order valence-electron chi connectivity index (χ2n) is 7.46. The van der Waals surface area contributed by atoms with Gasteiger partial charge in [0.15, 0.2) is 0 Å². The lowest BCUT2D eigenvalue weighted by Crippen LogP contribution is -2.52. The molecule has 0 radical (unpaired) electrons. The van der Waals surface area contributed by atoms with E-state index in [1.807, 2.05) is 9.80 Å². The summed E-state index contributed by atoms with van der Waals surface area (Å²) in [6.07, 6.45) is 8.24. The molecule has 0 aromatic carbocycles. The van der Waals surface area contributed by atoms with Crippen LogP contribution in [0, 0.1) is 5.92 Å². The summed E-state index contributed by atoms with van der Waals surface area (Å²) < 4.78 is 5.65. The van der Waals surface area contributed by atoms with Gasteiger partial charge in [-0.3, -0.25) is 9.59 Å². The van der Waals surface area contributed by atoms with Gasteiger partial charge in [0, 0.05) is 32.2 Å². The van der Waals surface area contributed by atoms with E-state index in [1.54, 1.807) is 0 Å². The number of rotatable bonds is 7. The van der Waals surface area contributed by atoms with Gasteiger partial charge >= 0.3 is 0 Å². The number of hydrogen-bond donors (Lipinski definition) is 1. The Balaban J connectivity index is 1.33. The molecular formula is C18H31N3O3. The predicted molar refractivity (Wildman–Crippen MR) is 91.6 cm³/mol. The molecule has 3 fully saturated rings. The molecule has 6 nitrogen and oxygen atoms in total. The summed E-state index contributed by atoms with van der Waals surface area (Å²) in [7, 11) is 0. The van der Waals surface area contributed by atoms with E-state index in [9.17, 15) is 9.59 Å². The standard InChI is InChI=1S/C18H31N3O3/c22-17(20-9-4-10-20)11-19-16-7-3-8-21(12-16)18(23)14-24-13-15-5-1-2-6-15/h15-16,19H,1-14H2/t16-/m1/s1. The Labute approximate surface area is 144 Å². The first-order valence-corrected chi connectivity index (χ1v) is 9.59. The van der Waals surface area contributed by atoms with Gasteiger partial charge in [0.25, 0.3) is 0 Å². The van der Waals surface area contributed by atoms with Gasteiger partial charge < -0.3 is 19.9 Å². The van der Waals surface area contributed by atoms with Crippen molar-refractivity contribution in [2.45, 2.75) is 51.0 Å². The Morgan fingerprint density at radius 1 is 0.917 bits per heavy atom. The summed E-state index contributed by atoms with van der Waals surface area (Å²) in [4.78, 5) is 28.0. The highest BCUT2D eigenvalue weighted by molar-refractivity contribution is 5.79. The van der Waals surface area contributed by atoms with Crippen LogP contribution in [-0.4, -0.2) is 73.6 Å². The van der Waals surface area contributed by atoms with Crippen LogP contribution in [0.4, 0.5) is 0 Å². The zero-order chi connectivity index (χ0) is 16.8. The molecule has 0 bridgehead atoms. The highest BCUT2D eigenvalue weighted by Gasteiger charge is 2.26. The number of nitrogens with zero attached hydrogens (tertiary/aromatic N) is 2. The van der Waals surface area contributed by atoms with E-state index >= 15 is 0 Å². The van der Waals surface area contributed by atoms with E-state index in [-0.39, 0.29) is 24.5 Å². The van der Waals surface area contributed by atoms with Crippen molar-refractivity contribution in [2.24, 2.45) is 5.92 Å². The Bertz CT molecular complexity index is 433. The Morgan fingerprint density at radius 2 is 1.67 bits per heavy atom. The average Bonchev–Trinajstić information content (AvgIpc) is 3.05. The average molecular weight is 337 g/mol. The molecule has 136 valence electrons. The fourth-order valence-electron chi connectivity index (χ4n) is 3.86. The summed E-state index contributed by atoms with van der Waals surface area (Å²) >= 11 is 0. The molecule has 0 aromatic rings. The van der Waals surface area contributed by atoms with E-state index in [0.717, 1.165) is 45.5 Å². The van der Waals surface area contributed by atoms with Crippen molar-refractivity contribution >= 4 is 11.8 Å². The van der Waals surface area contributed by atoms with Gasteiger partial charge in [-0.15, -0.1) is 0 Å². The number of amides is 2. The van der Waals surface area contributed by atoms with Crippen LogP contribution in [0.3, 0.4) is 0 Å². The summed E-state index contributed by atoms with van der Waals surface area (Å²) in [6, 6.07) is 0.225. The summed E-state index contributed by atoms with van der Waals surface area (Å²) in [5.41, 5.74) is 0. The van der Waals surface area contributed by atoms with Gasteiger partial charge in [0.05, 0.1) is 13.2 Å². The number of hydrogen-bond acceptors (Lipinski definition) is 4. The molecule has 0 aromatic heterocycles. The van der Waals surface area contributed by atoms with Gasteiger partial charge in [0.2, 0.25) is 11.8 Å². The maximum atomic E-state index is 12.3. The van der Waals surface area contributed by atoms with E-state index in [0.29, 0.717) is 19.0 Å². The lowest BCUT2D eigenvalue weighted by atomic mass is 10.1. The molecule has 24 heavy (non-hydrogen) atoms. The molecule has 2 saturated heterocycles. The molecular weight excluding hydrogens is 306 g/mol. The molecule has 2 amide bonds. The van der Waals surface area contributed by atoms with Crippen LogP contribution in [0.5, 0.6) is 0 Å². The summed E-state index contributed by atoms with van der Waals surface area (Å²) in [5, 5.41) is 3.33. The number of piperidine rings is 1. The largest absolute Gasteiger partial charge is 0.371 e. The summed E-state index contributed by atoms with van der Waals surface area (Å²) in [6.45, 7) is 4.62. The second kappa shape index (κ2) is 8.81. The molecule has 6 heteroatoms. The second-order valence-corrected chi connectivity index (χ2v) is 7.46. The van der Waals surface area contributed by atoms with Crippen molar-refractivity contribution in [3.8, 4) is 0 Å². The number of carbonyl (C=O) groups excluding carboxylic acids is 2. The van der Waals surface area contributed by atoms with Crippen molar-refractivity contribution in [3.05, 3.63) is 0 Å². The quantitative estimate of drug-likeness (QED) is 0.753. The van der Waals surface area contributed by atoms with E-state index < -0.39 is 0 Å². The number of nitrogens with one attached hydrogen (secondary N) is 1. The molecule has 1 N–H and O–H groups in total. The molecule has 1 atom stereocenters. The minimum absolute atomic E-state index is 0.0913. The Kier molecular flexibility index (Phi) is 6.49. The molecule has 0 unspecified atom stereocenters. The zero-order valence-corrected chi connectivity index (χ0v) is 14.7. The third kappa shape index (κ3) is 4.93. The van der Waals surface area contributed by atoms with Crippen LogP contribution in [0.2, 0.25) is 0 Å². The molecule has 1 saturated carbocycles. The zero-order valence-electron chi connectivity index (χ0n) is 14.7. The van der Waals surface area contributed by atoms with E-state index in [4.69, 9.17) is 4.74 Å². The van der Waals surface area contributed by atoms with Crippen molar-refractivity contribution in [2.75, 3.05) is 45.9 Å². The van der Waals surface area contributed by atoms with Gasteiger partial charge in [-0.25, -0.2) is 0 Å². The summed E-state index contributed by atoms with van der Waals surface area (Å²) in [5.74, 6) is 0.930. The lowest BCUT2D eigenvalue weighted by Gasteiger charge is -2.35. The highest BCUT2D eigenvalue weighted by atomic mass is 16.5. The van der Waals surface area contributed by atoms with Crippen molar-refractivity contribution < 1.29 is 14.3 Å². The monoisotopic (exact) mass is 337 g/mol.